The Kier molecular flexibility index (Phi) is 234. The monoisotopic (exact) mass is 174 g/mol. The summed E-state index contributed by atoms with van der Waals surface area (Å²) in [6.45, 7) is 2.00. The number of carbonyl (C=O) groups excluding carboxylic acids is 1. The zero-order valence-electron chi connectivity index (χ0n) is 4.83. The van der Waals surface area contributed by atoms with Crippen molar-refractivity contribution >= 4 is 32.6 Å². The van der Waals surface area contributed by atoms with Gasteiger partial charge < -0.3 is 27.4 Å². The van der Waals surface area contributed by atoms with Crippen LogP contribution in [0.4, 0.5) is 0 Å². The van der Waals surface area contributed by atoms with Gasteiger partial charge in [-0.1, -0.05) is 0 Å². The molecule has 7 heteroatoms. The van der Waals surface area contributed by atoms with Crippen LogP contribution in [0.1, 0.15) is 0 Å². The first kappa shape index (κ1) is 31.7. The van der Waals surface area contributed by atoms with Gasteiger partial charge in [-0.25, -0.2) is 0 Å². The summed E-state index contributed by atoms with van der Waals surface area (Å²) in [4.78, 5) is 8.00. The number of hydrogen-bond acceptors (Lipinski definition) is 5. The van der Waals surface area contributed by atoms with Crippen LogP contribution in [0.25, 0.3) is 0 Å². The maximum atomic E-state index is 8.40. The molecule has 0 unspecified atom stereocenters. The minimum atomic E-state index is -0.500. The van der Waals surface area contributed by atoms with E-state index < -0.39 is 12.3 Å². The summed E-state index contributed by atoms with van der Waals surface area (Å²) in [5.74, 6) is 0. The van der Waals surface area contributed by atoms with Crippen molar-refractivity contribution in [3.05, 3.63) is 0 Å². The molecule has 40 valence electrons. The molecular weight excluding hydrogens is 170 g/mol. The third-order valence-corrected chi connectivity index (χ3v) is 0. The molecule has 0 heterocycles. The Labute approximate surface area is 104 Å². The topological polar surface area (TPSA) is 60.4 Å². The van der Waals surface area contributed by atoms with Crippen LogP contribution >= 0.6 is 12.3 Å². The van der Waals surface area contributed by atoms with Crippen LogP contribution in [0.2, 0.25) is 0 Å². The van der Waals surface area contributed by atoms with E-state index in [9.17, 15) is 0 Å². The molecule has 0 spiro atoms. The van der Waals surface area contributed by atoms with Crippen LogP contribution in [-0.2, 0) is 18.3 Å². The fourth-order valence-electron chi connectivity index (χ4n) is 0. The van der Waals surface area contributed by atoms with Gasteiger partial charge >= 0.3 is 59.1 Å². The van der Waals surface area contributed by atoms with Crippen LogP contribution in [0.5, 0.6) is 0 Å². The number of rotatable bonds is 0. The Bertz CT molecular complexity index is 19.2. The Hall–Kier alpha value is 2.29. The minimum Gasteiger partial charge on any atom is -0.813 e. The van der Waals surface area contributed by atoms with Crippen molar-refractivity contribution in [3.8, 4) is 0 Å². The molecule has 0 aliphatic heterocycles. The molecule has 0 aromatic rings. The van der Waals surface area contributed by atoms with E-state index in [0.717, 1.165) is 0 Å². The van der Waals surface area contributed by atoms with Gasteiger partial charge in [0.2, 0.25) is 0 Å². The van der Waals surface area contributed by atoms with E-state index in [2.05, 4.69) is 0 Å². The molecule has 0 radical (unpaired) electrons. The molecular formula is CH4Na2O3S2. The van der Waals surface area contributed by atoms with E-state index in [1.54, 1.807) is 0 Å². The summed E-state index contributed by atoms with van der Waals surface area (Å²) in [5, 5.41) is 0. The molecule has 0 aliphatic carbocycles. The fraction of sp³-hybridized carbons (Fsp3) is 0. The first-order valence-electron chi connectivity index (χ1n) is 0.638. The molecule has 0 aliphatic rings. The van der Waals surface area contributed by atoms with Gasteiger partial charge in [0.05, 0.1) is 0 Å². The Morgan fingerprint density at radius 3 is 1.38 bits per heavy atom. The fourth-order valence-corrected chi connectivity index (χ4v) is 0. The maximum Gasteiger partial charge on any atom is 1.00 e. The number of thiol groups is 1. The molecule has 0 atom stereocenters. The first-order chi connectivity index (χ1) is 2.41. The van der Waals surface area contributed by atoms with Gasteiger partial charge in [-0.2, -0.15) is 0 Å². The van der Waals surface area contributed by atoms with Gasteiger partial charge in [0.25, 0.3) is 0 Å². The molecule has 0 aromatic carbocycles. The summed E-state index contributed by atoms with van der Waals surface area (Å²) in [6, 6.07) is 0. The molecule has 0 rings (SSSR count). The van der Waals surface area contributed by atoms with Crippen LogP contribution in [-0.4, -0.2) is 15.9 Å². The average Bonchev–Trinajstić information content (AvgIpc) is 1.46. The van der Waals surface area contributed by atoms with E-state index in [1.165, 1.54) is 0 Å². The third-order valence-electron chi connectivity index (χ3n) is 0. The molecule has 0 saturated heterocycles. The van der Waals surface area contributed by atoms with Crippen molar-refractivity contribution in [1.29, 1.82) is 0 Å². The van der Waals surface area contributed by atoms with Crippen LogP contribution in [0.3, 0.4) is 0 Å². The smallest absolute Gasteiger partial charge is 0.813 e. The van der Waals surface area contributed by atoms with Crippen molar-refractivity contribution < 1.29 is 73.0 Å². The van der Waals surface area contributed by atoms with E-state index >= 15 is 0 Å². The summed E-state index contributed by atoms with van der Waals surface area (Å²) < 4.78 is 15.3. The van der Waals surface area contributed by atoms with E-state index in [-0.39, 0.29) is 72.6 Å². The summed E-state index contributed by atoms with van der Waals surface area (Å²) in [7, 11) is 0. The van der Waals surface area contributed by atoms with E-state index in [0.29, 0.717) is 0 Å². The number of hydrogen-bond donors (Lipinski definition) is 1. The quantitative estimate of drug-likeness (QED) is 0.171. The first-order valence-corrected chi connectivity index (χ1v) is 1.34. The minimum absolute atomic E-state index is 0. The second kappa shape index (κ2) is 59.0. The zero-order valence-corrected chi connectivity index (χ0v) is 10.5. The van der Waals surface area contributed by atoms with Gasteiger partial charge in [0.1, 0.15) is 6.79 Å². The molecule has 0 bridgehead atoms. The normalized spacial score (nSPS) is 2.75. The van der Waals surface area contributed by atoms with Crippen molar-refractivity contribution in [2.45, 2.75) is 0 Å². The molecule has 0 fully saturated rings. The van der Waals surface area contributed by atoms with Crippen molar-refractivity contribution in [3.63, 3.8) is 0 Å². The summed E-state index contributed by atoms with van der Waals surface area (Å²) in [6.07, 6.45) is 0. The van der Waals surface area contributed by atoms with Crippen molar-refractivity contribution in [2.24, 2.45) is 0 Å². The second-order valence-corrected chi connectivity index (χ2v) is 0.224. The molecule has 0 amide bonds. The Morgan fingerprint density at radius 1 is 1.38 bits per heavy atom. The Morgan fingerprint density at radius 2 is 1.38 bits per heavy atom. The molecule has 3 nitrogen and oxygen atoms in total. The number of carbonyl (C=O) groups is 1. The summed E-state index contributed by atoms with van der Waals surface area (Å²) >= 11 is -0.500. The van der Waals surface area contributed by atoms with Gasteiger partial charge in [-0.15, -0.1) is 12.3 Å². The van der Waals surface area contributed by atoms with Gasteiger partial charge in [-0.3, -0.25) is 0 Å². The van der Waals surface area contributed by atoms with Gasteiger partial charge in [-0.05, 0) is 0 Å². The maximum absolute atomic E-state index is 8.40. The molecule has 0 saturated carbocycles. The van der Waals surface area contributed by atoms with Crippen LogP contribution in [0, 0.1) is 0 Å². The zero-order chi connectivity index (χ0) is 4.71. The molecule has 1 N–H and O–H groups in total. The largest absolute Gasteiger partial charge is 1.00 e. The van der Waals surface area contributed by atoms with Crippen LogP contribution < -0.4 is 59.1 Å². The second-order valence-electron chi connectivity index (χ2n) is 0.0745. The van der Waals surface area contributed by atoms with Gasteiger partial charge in [0, 0.05) is 0 Å². The molecule has 8 heavy (non-hydrogen) atoms. The Balaban J connectivity index is -0.00000000567. The predicted octanol–water partition coefficient (Wildman–Crippen LogP) is -6.12. The third kappa shape index (κ3) is 84.0. The summed E-state index contributed by atoms with van der Waals surface area (Å²) in [5.41, 5.74) is 0. The standard InChI is InChI=1S/CH2O.2Na.H2O2S.H2S/c1-2;;;1-3-2;/h1H2;;;1-2H;1H2/q;2*+1;;/p-2. The average molecular weight is 174 g/mol. The van der Waals surface area contributed by atoms with Crippen LogP contribution in [0.15, 0.2) is 0 Å². The van der Waals surface area contributed by atoms with Crippen molar-refractivity contribution in [1.82, 2.24) is 0 Å². The van der Waals surface area contributed by atoms with Gasteiger partial charge in [0.15, 0.2) is 0 Å². The molecule has 0 aromatic heterocycles. The van der Waals surface area contributed by atoms with E-state index in [1.807, 2.05) is 6.79 Å². The van der Waals surface area contributed by atoms with E-state index in [4.69, 9.17) is 13.9 Å². The predicted molar refractivity (Wildman–Crippen MR) is 26.9 cm³/mol. The van der Waals surface area contributed by atoms with Crippen molar-refractivity contribution in [2.75, 3.05) is 0 Å². The SMILES string of the molecule is C=O.[Na+].[Na+].[O-]SO.[SH-].